The topological polar surface area (TPSA) is 42.7 Å². The van der Waals surface area contributed by atoms with Crippen molar-refractivity contribution in [3.05, 3.63) is 67.5 Å². The van der Waals surface area contributed by atoms with Gasteiger partial charge in [-0.15, -0.1) is 0 Å². The van der Waals surface area contributed by atoms with Crippen molar-refractivity contribution in [2.75, 3.05) is 11.6 Å². The fourth-order valence-electron chi connectivity index (χ4n) is 3.75. The summed E-state index contributed by atoms with van der Waals surface area (Å²) in [5, 5.41) is 2.17. The first-order valence-electron chi connectivity index (χ1n) is 9.40. The summed E-state index contributed by atoms with van der Waals surface area (Å²) in [5.74, 6) is 0.782. The van der Waals surface area contributed by atoms with E-state index in [9.17, 15) is 4.79 Å². The summed E-state index contributed by atoms with van der Waals surface area (Å²) in [4.78, 5) is 14.1. The number of ether oxygens (including phenoxy) is 1. The summed E-state index contributed by atoms with van der Waals surface area (Å²) in [6, 6.07) is 9.15. The van der Waals surface area contributed by atoms with Gasteiger partial charge in [0.25, 0.3) is 0 Å². The van der Waals surface area contributed by atoms with Gasteiger partial charge in [0.05, 0.1) is 10.7 Å². The third-order valence-corrected chi connectivity index (χ3v) is 5.69. The van der Waals surface area contributed by atoms with Gasteiger partial charge in [-0.05, 0) is 49.6 Å². The van der Waals surface area contributed by atoms with Gasteiger partial charge in [0.2, 0.25) is 0 Å². The zero-order chi connectivity index (χ0) is 19.8. The van der Waals surface area contributed by atoms with Crippen molar-refractivity contribution in [1.29, 1.82) is 0 Å². The summed E-state index contributed by atoms with van der Waals surface area (Å²) in [7, 11) is 0. The second-order valence-corrected chi connectivity index (χ2v) is 7.97. The van der Waals surface area contributed by atoms with Crippen molar-refractivity contribution in [3.63, 3.8) is 0 Å². The monoisotopic (exact) mass is 417 g/mol. The van der Waals surface area contributed by atoms with Gasteiger partial charge in [-0.2, -0.15) is 0 Å². The molecule has 0 N–H and O–H groups in total. The molecule has 1 aliphatic heterocycles. The average molecular weight is 418 g/mol. The van der Waals surface area contributed by atoms with Crippen LogP contribution in [0.1, 0.15) is 36.5 Å². The molecule has 0 bridgehead atoms. The quantitative estimate of drug-likeness (QED) is 0.480. The van der Waals surface area contributed by atoms with Crippen LogP contribution in [0.5, 0.6) is 5.75 Å². The maximum absolute atomic E-state index is 12.0. The van der Waals surface area contributed by atoms with E-state index in [2.05, 4.69) is 17.9 Å². The number of rotatable bonds is 4. The van der Waals surface area contributed by atoms with Crippen LogP contribution >= 0.6 is 23.2 Å². The smallest absolute Gasteiger partial charge is 0.336 e. The molecule has 0 atom stereocenters. The first-order valence-corrected chi connectivity index (χ1v) is 10.2. The van der Waals surface area contributed by atoms with E-state index in [0.29, 0.717) is 28.9 Å². The molecule has 1 aliphatic rings. The van der Waals surface area contributed by atoms with E-state index in [4.69, 9.17) is 32.4 Å². The molecule has 0 spiro atoms. The van der Waals surface area contributed by atoms with E-state index in [-0.39, 0.29) is 5.63 Å². The van der Waals surface area contributed by atoms with Gasteiger partial charge in [-0.25, -0.2) is 4.79 Å². The van der Waals surface area contributed by atoms with Crippen molar-refractivity contribution < 1.29 is 9.15 Å². The standard InChI is InChI=1S/C22H21Cl2NO3/c1-3-4-5-14-9-20(26)28-22-13(2)21-15(8-17(14)22)11-25(12-27-21)19-7-6-16(23)10-18(19)24/h6-10H,3-5,11-12H2,1-2H3. The Balaban J connectivity index is 1.79. The summed E-state index contributed by atoms with van der Waals surface area (Å²) in [5.41, 5.74) is 4.13. The highest BCUT2D eigenvalue weighted by Gasteiger charge is 2.24. The predicted octanol–water partition coefficient (Wildman–Crippen LogP) is 6.11. The molecule has 2 heterocycles. The highest BCUT2D eigenvalue weighted by Crippen LogP contribution is 2.38. The highest BCUT2D eigenvalue weighted by molar-refractivity contribution is 6.36. The first kappa shape index (κ1) is 19.2. The third kappa shape index (κ3) is 3.47. The Morgan fingerprint density at radius 1 is 1.18 bits per heavy atom. The minimum absolute atomic E-state index is 0.313. The van der Waals surface area contributed by atoms with Gasteiger partial charge in [0.15, 0.2) is 6.73 Å². The minimum Gasteiger partial charge on any atom is -0.472 e. The van der Waals surface area contributed by atoms with Crippen LogP contribution in [0.25, 0.3) is 11.0 Å². The molecular weight excluding hydrogens is 397 g/mol. The maximum Gasteiger partial charge on any atom is 0.336 e. The van der Waals surface area contributed by atoms with Crippen molar-refractivity contribution in [1.82, 2.24) is 0 Å². The number of aryl methyl sites for hydroxylation is 2. The fraction of sp³-hybridized carbons (Fsp3) is 0.318. The number of unbranched alkanes of at least 4 members (excludes halogenated alkanes) is 1. The Morgan fingerprint density at radius 3 is 2.75 bits per heavy atom. The van der Waals surface area contributed by atoms with Crippen LogP contribution in [0.15, 0.2) is 39.5 Å². The molecule has 0 saturated carbocycles. The molecule has 0 aliphatic carbocycles. The normalized spacial score (nSPS) is 13.5. The second kappa shape index (κ2) is 7.69. The Hall–Kier alpha value is -2.17. The lowest BCUT2D eigenvalue weighted by atomic mass is 9.98. The van der Waals surface area contributed by atoms with E-state index < -0.39 is 0 Å². The van der Waals surface area contributed by atoms with E-state index in [1.54, 1.807) is 12.1 Å². The number of halogens is 2. The summed E-state index contributed by atoms with van der Waals surface area (Å²) < 4.78 is 11.6. The van der Waals surface area contributed by atoms with Crippen LogP contribution in [-0.4, -0.2) is 6.73 Å². The lowest BCUT2D eigenvalue weighted by Gasteiger charge is -2.32. The fourth-order valence-corrected chi connectivity index (χ4v) is 4.28. The van der Waals surface area contributed by atoms with Crippen LogP contribution in [0.3, 0.4) is 0 Å². The van der Waals surface area contributed by atoms with E-state index in [1.165, 1.54) is 0 Å². The van der Waals surface area contributed by atoms with E-state index in [0.717, 1.165) is 52.8 Å². The lowest BCUT2D eigenvalue weighted by molar-refractivity contribution is 0.287. The maximum atomic E-state index is 12.0. The zero-order valence-electron chi connectivity index (χ0n) is 15.9. The molecule has 4 rings (SSSR count). The number of nitrogens with zero attached hydrogens (tertiary/aromatic N) is 1. The molecule has 0 amide bonds. The van der Waals surface area contributed by atoms with E-state index in [1.807, 2.05) is 19.1 Å². The van der Waals surface area contributed by atoms with Crippen LogP contribution in [-0.2, 0) is 13.0 Å². The first-order chi connectivity index (χ1) is 13.5. The SMILES string of the molecule is CCCCc1cc(=O)oc2c(C)c3c(cc12)CN(c1ccc(Cl)cc1Cl)CO3. The average Bonchev–Trinajstić information content (AvgIpc) is 2.66. The molecule has 1 aromatic heterocycles. The Morgan fingerprint density at radius 2 is 2.00 bits per heavy atom. The lowest BCUT2D eigenvalue weighted by Crippen LogP contribution is -2.32. The number of hydrogen-bond donors (Lipinski definition) is 0. The minimum atomic E-state index is -0.313. The third-order valence-electron chi connectivity index (χ3n) is 5.15. The number of hydrogen-bond acceptors (Lipinski definition) is 4. The van der Waals surface area contributed by atoms with Gasteiger partial charge in [-0.1, -0.05) is 36.5 Å². The van der Waals surface area contributed by atoms with E-state index >= 15 is 0 Å². The Kier molecular flexibility index (Phi) is 5.26. The summed E-state index contributed by atoms with van der Waals surface area (Å²) in [6.07, 6.45) is 2.94. The van der Waals surface area contributed by atoms with Crippen LogP contribution in [0, 0.1) is 6.92 Å². The van der Waals surface area contributed by atoms with Gasteiger partial charge in [0.1, 0.15) is 11.3 Å². The molecule has 6 heteroatoms. The zero-order valence-corrected chi connectivity index (χ0v) is 17.4. The Labute approximate surface area is 173 Å². The second-order valence-electron chi connectivity index (χ2n) is 7.13. The molecule has 146 valence electrons. The highest BCUT2D eigenvalue weighted by atomic mass is 35.5. The van der Waals surface area contributed by atoms with Gasteiger partial charge in [-0.3, -0.25) is 0 Å². The van der Waals surface area contributed by atoms with Gasteiger partial charge < -0.3 is 14.1 Å². The molecule has 2 aromatic carbocycles. The number of anilines is 1. The molecule has 0 saturated heterocycles. The molecule has 4 nitrogen and oxygen atoms in total. The summed E-state index contributed by atoms with van der Waals surface area (Å²) >= 11 is 12.4. The van der Waals surface area contributed by atoms with Crippen molar-refractivity contribution in [3.8, 4) is 5.75 Å². The molecule has 3 aromatic rings. The largest absolute Gasteiger partial charge is 0.472 e. The molecule has 0 fully saturated rings. The molecular formula is C22H21Cl2NO3. The van der Waals surface area contributed by atoms with Crippen molar-refractivity contribution in [2.45, 2.75) is 39.7 Å². The van der Waals surface area contributed by atoms with Crippen molar-refractivity contribution >= 4 is 39.9 Å². The van der Waals surface area contributed by atoms with Crippen LogP contribution in [0.2, 0.25) is 10.0 Å². The van der Waals surface area contributed by atoms with Crippen molar-refractivity contribution in [2.24, 2.45) is 0 Å². The number of fused-ring (bicyclic) bond motifs is 2. The predicted molar refractivity (Wildman–Crippen MR) is 114 cm³/mol. The van der Waals surface area contributed by atoms with Gasteiger partial charge >= 0.3 is 5.63 Å². The number of benzene rings is 2. The van der Waals surface area contributed by atoms with Crippen LogP contribution < -0.4 is 15.3 Å². The van der Waals surface area contributed by atoms with Gasteiger partial charge in [0, 0.05) is 34.1 Å². The summed E-state index contributed by atoms with van der Waals surface area (Å²) in [6.45, 7) is 5.10. The van der Waals surface area contributed by atoms with Crippen LogP contribution in [0.4, 0.5) is 5.69 Å². The Bertz CT molecular complexity index is 1110. The molecule has 0 radical (unpaired) electrons. The molecule has 0 unspecified atom stereocenters. The molecule has 28 heavy (non-hydrogen) atoms.